The fourth-order valence-corrected chi connectivity index (χ4v) is 3.17. The van der Waals surface area contributed by atoms with Crippen LogP contribution in [0.5, 0.6) is 11.5 Å². The zero-order valence-corrected chi connectivity index (χ0v) is 15.9. The van der Waals surface area contributed by atoms with Crippen molar-refractivity contribution in [3.05, 3.63) is 48.0 Å². The summed E-state index contributed by atoms with van der Waals surface area (Å²) in [6.45, 7) is 2.87. The number of hydrazone groups is 1. The molecule has 8 nitrogen and oxygen atoms in total. The van der Waals surface area contributed by atoms with E-state index >= 15 is 0 Å². The number of anilines is 1. The van der Waals surface area contributed by atoms with Gasteiger partial charge in [0.25, 0.3) is 5.95 Å². The molecule has 2 heterocycles. The molecule has 142 valence electrons. The summed E-state index contributed by atoms with van der Waals surface area (Å²) < 4.78 is 12.7. The topological polar surface area (TPSA) is 86.5 Å². The summed E-state index contributed by atoms with van der Waals surface area (Å²) in [7, 11) is 3.20. The number of fused-ring (bicyclic) bond motifs is 3. The number of nitrogens with one attached hydrogen (secondary N) is 1. The number of nitrogens with zero attached hydrogens (tertiary/aromatic N) is 5. The zero-order valence-electron chi connectivity index (χ0n) is 15.9. The van der Waals surface area contributed by atoms with Crippen LogP contribution in [0.4, 0.5) is 5.95 Å². The Bertz CT molecular complexity index is 1170. The number of aromatic nitrogens is 4. The Morgan fingerprint density at radius 2 is 1.89 bits per heavy atom. The molecule has 0 aliphatic carbocycles. The Morgan fingerprint density at radius 3 is 2.68 bits per heavy atom. The third-order valence-electron chi connectivity index (χ3n) is 4.48. The van der Waals surface area contributed by atoms with Crippen LogP contribution in [-0.2, 0) is 6.54 Å². The van der Waals surface area contributed by atoms with Gasteiger partial charge in [0.1, 0.15) is 5.52 Å². The molecule has 0 bridgehead atoms. The molecule has 8 heteroatoms. The first-order valence-electron chi connectivity index (χ1n) is 8.88. The largest absolute Gasteiger partial charge is 0.493 e. The van der Waals surface area contributed by atoms with Gasteiger partial charge in [-0.2, -0.15) is 10.1 Å². The molecule has 0 radical (unpaired) electrons. The van der Waals surface area contributed by atoms with Crippen LogP contribution in [0.25, 0.3) is 22.1 Å². The third kappa shape index (κ3) is 3.09. The van der Waals surface area contributed by atoms with Gasteiger partial charge in [0.2, 0.25) is 0 Å². The lowest BCUT2D eigenvalue weighted by Gasteiger charge is -2.07. The summed E-state index contributed by atoms with van der Waals surface area (Å²) >= 11 is 0. The summed E-state index contributed by atoms with van der Waals surface area (Å²) in [4.78, 5) is 4.60. The highest BCUT2D eigenvalue weighted by atomic mass is 16.5. The number of benzene rings is 2. The second-order valence-corrected chi connectivity index (χ2v) is 6.05. The molecule has 0 fully saturated rings. The van der Waals surface area contributed by atoms with Crippen molar-refractivity contribution in [1.82, 2.24) is 19.7 Å². The van der Waals surface area contributed by atoms with E-state index in [1.165, 1.54) is 0 Å². The maximum absolute atomic E-state index is 5.30. The van der Waals surface area contributed by atoms with E-state index in [4.69, 9.17) is 9.47 Å². The van der Waals surface area contributed by atoms with Crippen molar-refractivity contribution in [2.75, 3.05) is 19.6 Å². The second kappa shape index (κ2) is 7.51. The molecule has 4 aromatic rings. The number of methoxy groups -OCH3 is 2. The summed E-state index contributed by atoms with van der Waals surface area (Å²) in [5, 5.41) is 13.8. The van der Waals surface area contributed by atoms with E-state index in [-0.39, 0.29) is 0 Å². The third-order valence-corrected chi connectivity index (χ3v) is 4.48. The average Bonchev–Trinajstić information content (AvgIpc) is 3.06. The Labute approximate surface area is 161 Å². The van der Waals surface area contributed by atoms with Crippen molar-refractivity contribution in [2.45, 2.75) is 13.5 Å². The maximum atomic E-state index is 5.30. The van der Waals surface area contributed by atoms with Gasteiger partial charge in [0, 0.05) is 11.9 Å². The van der Waals surface area contributed by atoms with Crippen molar-refractivity contribution < 1.29 is 9.47 Å². The Kier molecular flexibility index (Phi) is 4.76. The predicted molar refractivity (Wildman–Crippen MR) is 109 cm³/mol. The van der Waals surface area contributed by atoms with E-state index in [1.807, 2.05) is 36.4 Å². The number of aryl methyl sites for hydroxylation is 1. The van der Waals surface area contributed by atoms with Gasteiger partial charge < -0.3 is 14.0 Å². The highest BCUT2D eigenvalue weighted by molar-refractivity contribution is 6.04. The molecule has 28 heavy (non-hydrogen) atoms. The fraction of sp³-hybridized carbons (Fsp3) is 0.200. The van der Waals surface area contributed by atoms with Gasteiger partial charge in [0.15, 0.2) is 17.1 Å². The number of para-hydroxylation sites is 1. The minimum absolute atomic E-state index is 0.335. The molecule has 0 aliphatic heterocycles. The molecule has 0 saturated heterocycles. The summed E-state index contributed by atoms with van der Waals surface area (Å²) in [5.41, 5.74) is 6.35. The Hall–Kier alpha value is -3.68. The van der Waals surface area contributed by atoms with E-state index in [2.05, 4.69) is 43.3 Å². The van der Waals surface area contributed by atoms with Crippen molar-refractivity contribution in [1.29, 1.82) is 0 Å². The van der Waals surface area contributed by atoms with Crippen molar-refractivity contribution in [3.8, 4) is 11.5 Å². The molecule has 0 amide bonds. The molecule has 0 unspecified atom stereocenters. The normalized spacial score (nSPS) is 11.4. The van der Waals surface area contributed by atoms with Crippen LogP contribution in [0, 0.1) is 0 Å². The smallest absolute Gasteiger partial charge is 0.265 e. The van der Waals surface area contributed by atoms with Gasteiger partial charge in [-0.3, -0.25) is 0 Å². The summed E-state index contributed by atoms with van der Waals surface area (Å²) in [5.74, 6) is 1.64. The Balaban J connectivity index is 1.62. The maximum Gasteiger partial charge on any atom is 0.265 e. The van der Waals surface area contributed by atoms with Gasteiger partial charge in [-0.15, -0.1) is 10.2 Å². The van der Waals surface area contributed by atoms with E-state index in [0.29, 0.717) is 17.4 Å². The van der Waals surface area contributed by atoms with Crippen LogP contribution in [0.15, 0.2) is 47.6 Å². The average molecular weight is 376 g/mol. The standard InChI is InChI=1S/C20H20N6O2/c1-4-26-15-8-6-5-7-14(15)18-19(26)22-20(25-23-18)24-21-12-13-9-10-16(27-2)17(11-13)28-3/h5-12H,4H2,1-3H3,(H,22,24,25)/b21-12+. The lowest BCUT2D eigenvalue weighted by molar-refractivity contribution is 0.355. The van der Waals surface area contributed by atoms with Gasteiger partial charge in [0.05, 0.1) is 26.0 Å². The quantitative estimate of drug-likeness (QED) is 0.410. The van der Waals surface area contributed by atoms with Crippen molar-refractivity contribution in [3.63, 3.8) is 0 Å². The molecule has 4 rings (SSSR count). The van der Waals surface area contributed by atoms with E-state index in [0.717, 1.165) is 34.2 Å². The van der Waals surface area contributed by atoms with Crippen LogP contribution in [0.2, 0.25) is 0 Å². The van der Waals surface area contributed by atoms with Gasteiger partial charge >= 0.3 is 0 Å². The van der Waals surface area contributed by atoms with Crippen LogP contribution < -0.4 is 14.9 Å². The molecule has 2 aromatic carbocycles. The van der Waals surface area contributed by atoms with E-state index in [1.54, 1.807) is 20.4 Å². The first-order valence-corrected chi connectivity index (χ1v) is 8.88. The van der Waals surface area contributed by atoms with Crippen LogP contribution in [0.3, 0.4) is 0 Å². The van der Waals surface area contributed by atoms with Crippen LogP contribution in [-0.4, -0.2) is 40.2 Å². The predicted octanol–water partition coefficient (Wildman–Crippen LogP) is 3.46. The number of rotatable bonds is 6. The van der Waals surface area contributed by atoms with E-state index in [9.17, 15) is 0 Å². The molecule has 1 N–H and O–H groups in total. The minimum Gasteiger partial charge on any atom is -0.493 e. The Morgan fingerprint density at radius 1 is 1.07 bits per heavy atom. The summed E-state index contributed by atoms with van der Waals surface area (Å²) in [6.07, 6.45) is 1.66. The lowest BCUT2D eigenvalue weighted by atomic mass is 10.2. The molecule has 0 aliphatic rings. The first kappa shape index (κ1) is 17.7. The SMILES string of the molecule is CCn1c2ccccc2c2nnc(N/N=C/c3ccc(OC)c(OC)c3)nc21. The molecular formula is C20H20N6O2. The molecule has 2 aromatic heterocycles. The van der Waals surface area contributed by atoms with Crippen molar-refractivity contribution >= 4 is 34.2 Å². The molecule has 0 atom stereocenters. The molecular weight excluding hydrogens is 356 g/mol. The van der Waals surface area contributed by atoms with Crippen molar-refractivity contribution in [2.24, 2.45) is 5.10 Å². The second-order valence-electron chi connectivity index (χ2n) is 6.05. The zero-order chi connectivity index (χ0) is 19.5. The lowest BCUT2D eigenvalue weighted by Crippen LogP contribution is -2.02. The van der Waals surface area contributed by atoms with E-state index < -0.39 is 0 Å². The monoisotopic (exact) mass is 376 g/mol. The number of hydrogen-bond donors (Lipinski definition) is 1. The molecule has 0 saturated carbocycles. The molecule has 0 spiro atoms. The van der Waals surface area contributed by atoms with Crippen LogP contribution >= 0.6 is 0 Å². The van der Waals surface area contributed by atoms with Gasteiger partial charge in [-0.05, 0) is 36.8 Å². The van der Waals surface area contributed by atoms with Gasteiger partial charge in [-0.1, -0.05) is 18.2 Å². The highest BCUT2D eigenvalue weighted by Crippen LogP contribution is 2.27. The summed E-state index contributed by atoms with van der Waals surface area (Å²) in [6, 6.07) is 13.6. The number of ether oxygens (including phenoxy) is 2. The van der Waals surface area contributed by atoms with Crippen LogP contribution in [0.1, 0.15) is 12.5 Å². The van der Waals surface area contributed by atoms with Gasteiger partial charge in [-0.25, -0.2) is 5.43 Å². The first-order chi connectivity index (χ1) is 13.7. The number of hydrogen-bond acceptors (Lipinski definition) is 7. The minimum atomic E-state index is 0.335. The fourth-order valence-electron chi connectivity index (χ4n) is 3.17. The highest BCUT2D eigenvalue weighted by Gasteiger charge is 2.13.